The third kappa shape index (κ3) is 4.30. The molecular formula is C22H26N6O3. The number of benzene rings is 1. The lowest BCUT2D eigenvalue weighted by Gasteiger charge is -2.45. The third-order valence-electron chi connectivity index (χ3n) is 6.25. The smallest absolute Gasteiger partial charge is 0.332 e. The van der Waals surface area contributed by atoms with Gasteiger partial charge in [-0.05, 0) is 62.9 Å². The Balaban J connectivity index is 1.56. The second kappa shape index (κ2) is 8.86. The van der Waals surface area contributed by atoms with Crippen molar-refractivity contribution in [2.24, 2.45) is 5.92 Å². The molecule has 2 aromatic rings. The molecule has 0 radical (unpaired) electrons. The summed E-state index contributed by atoms with van der Waals surface area (Å²) in [6.07, 6.45) is 2.38. The van der Waals surface area contributed by atoms with Gasteiger partial charge in [0.25, 0.3) is 0 Å². The summed E-state index contributed by atoms with van der Waals surface area (Å²) in [7, 11) is 0. The van der Waals surface area contributed by atoms with E-state index in [0.717, 1.165) is 30.8 Å². The van der Waals surface area contributed by atoms with Crippen LogP contribution in [0.25, 0.3) is 0 Å². The minimum Gasteiger partial charge on any atom is -0.464 e. The highest BCUT2D eigenvalue weighted by molar-refractivity contribution is 5.59. The number of anilines is 1. The van der Waals surface area contributed by atoms with Crippen LogP contribution in [-0.4, -0.2) is 46.0 Å². The molecule has 1 aromatic heterocycles. The number of nitrogens with one attached hydrogen (secondary N) is 1. The molecule has 0 saturated carbocycles. The quantitative estimate of drug-likeness (QED) is 0.533. The molecular weight excluding hydrogens is 396 g/mol. The lowest BCUT2D eigenvalue weighted by Crippen LogP contribution is -2.46. The second-order valence-electron chi connectivity index (χ2n) is 8.11. The van der Waals surface area contributed by atoms with E-state index in [-0.39, 0.29) is 23.2 Å². The number of piperidine rings is 3. The standard InChI is InChI=1S/C22H26N6O3/c1-3-31-22-25-14(2)20(28(29)30)21(26-22)24-12-15-4-5-18(17(10-15)11-23)19-13-27-8-6-16(19)7-9-27/h4-5,10,16,19H,3,6-9,12-13H2,1-2H3,(H,24,25,26). The van der Waals surface area contributed by atoms with Crippen LogP contribution in [0.5, 0.6) is 6.01 Å². The lowest BCUT2D eigenvalue weighted by molar-refractivity contribution is -0.385. The van der Waals surface area contributed by atoms with Crippen LogP contribution in [0.15, 0.2) is 18.2 Å². The highest BCUT2D eigenvalue weighted by Gasteiger charge is 2.36. The van der Waals surface area contributed by atoms with Crippen LogP contribution < -0.4 is 10.1 Å². The Bertz CT molecular complexity index is 1030. The van der Waals surface area contributed by atoms with Gasteiger partial charge in [0.2, 0.25) is 5.82 Å². The summed E-state index contributed by atoms with van der Waals surface area (Å²) in [5.41, 5.74) is 2.73. The summed E-state index contributed by atoms with van der Waals surface area (Å²) in [4.78, 5) is 21.7. The highest BCUT2D eigenvalue weighted by atomic mass is 16.6. The monoisotopic (exact) mass is 422 g/mol. The van der Waals surface area contributed by atoms with E-state index in [9.17, 15) is 15.4 Å². The number of ether oxygens (including phenoxy) is 1. The van der Waals surface area contributed by atoms with Crippen LogP contribution in [0.2, 0.25) is 0 Å². The van der Waals surface area contributed by atoms with Crippen molar-refractivity contribution in [1.82, 2.24) is 14.9 Å². The Morgan fingerprint density at radius 3 is 2.74 bits per heavy atom. The molecule has 31 heavy (non-hydrogen) atoms. The van der Waals surface area contributed by atoms with Gasteiger partial charge in [0.1, 0.15) is 5.69 Å². The molecule has 3 saturated heterocycles. The van der Waals surface area contributed by atoms with E-state index in [4.69, 9.17) is 4.74 Å². The zero-order valence-electron chi connectivity index (χ0n) is 17.8. The molecule has 1 N–H and O–H groups in total. The van der Waals surface area contributed by atoms with Crippen molar-refractivity contribution in [2.45, 2.75) is 39.2 Å². The van der Waals surface area contributed by atoms with Gasteiger partial charge in [0, 0.05) is 19.0 Å². The Labute approximate surface area is 181 Å². The van der Waals surface area contributed by atoms with E-state index < -0.39 is 4.92 Å². The highest BCUT2D eigenvalue weighted by Crippen LogP contribution is 2.40. The number of nitriles is 1. The number of aryl methyl sites for hydroxylation is 1. The average molecular weight is 422 g/mol. The van der Waals surface area contributed by atoms with Crippen LogP contribution in [0.4, 0.5) is 11.5 Å². The van der Waals surface area contributed by atoms with Gasteiger partial charge < -0.3 is 15.0 Å². The molecule has 1 unspecified atom stereocenters. The summed E-state index contributed by atoms with van der Waals surface area (Å²) in [6, 6.07) is 8.37. The van der Waals surface area contributed by atoms with E-state index in [1.54, 1.807) is 13.8 Å². The van der Waals surface area contributed by atoms with Crippen LogP contribution in [0, 0.1) is 34.3 Å². The molecule has 0 amide bonds. The van der Waals surface area contributed by atoms with Gasteiger partial charge in [-0.3, -0.25) is 10.1 Å². The van der Waals surface area contributed by atoms with Crippen LogP contribution in [0.1, 0.15) is 48.1 Å². The fraction of sp³-hybridized carbons (Fsp3) is 0.500. The molecule has 1 aromatic carbocycles. The number of aromatic nitrogens is 2. The van der Waals surface area contributed by atoms with Gasteiger partial charge >= 0.3 is 11.7 Å². The first-order valence-electron chi connectivity index (χ1n) is 10.6. The maximum absolute atomic E-state index is 11.5. The Morgan fingerprint density at radius 1 is 1.35 bits per heavy atom. The SMILES string of the molecule is CCOc1nc(C)c([N+](=O)[O-])c(NCc2ccc(C3CN4CCC3CC4)c(C#N)c2)n1. The van der Waals surface area contributed by atoms with Gasteiger partial charge in [-0.2, -0.15) is 15.2 Å². The molecule has 9 nitrogen and oxygen atoms in total. The Hall–Kier alpha value is -3.25. The summed E-state index contributed by atoms with van der Waals surface area (Å²) >= 11 is 0. The fourth-order valence-electron chi connectivity index (χ4n) is 4.71. The number of hydrogen-bond acceptors (Lipinski definition) is 8. The number of hydrogen-bond donors (Lipinski definition) is 1. The predicted molar refractivity (Wildman–Crippen MR) is 115 cm³/mol. The molecule has 4 heterocycles. The molecule has 5 rings (SSSR count). The lowest BCUT2D eigenvalue weighted by atomic mass is 9.74. The minimum absolute atomic E-state index is 0.100. The topological polar surface area (TPSA) is 117 Å². The van der Waals surface area contributed by atoms with E-state index >= 15 is 0 Å². The molecule has 9 heteroatoms. The van der Waals surface area contributed by atoms with Crippen molar-refractivity contribution in [3.63, 3.8) is 0 Å². The van der Waals surface area contributed by atoms with Gasteiger partial charge in [0.05, 0.1) is 23.2 Å². The van der Waals surface area contributed by atoms with E-state index in [2.05, 4.69) is 26.3 Å². The van der Waals surface area contributed by atoms with Crippen molar-refractivity contribution in [3.8, 4) is 12.1 Å². The molecule has 3 aliphatic rings. The minimum atomic E-state index is -0.495. The fourth-order valence-corrected chi connectivity index (χ4v) is 4.71. The number of rotatable bonds is 7. The largest absolute Gasteiger partial charge is 0.464 e. The van der Waals surface area contributed by atoms with Crippen LogP contribution in [0.3, 0.4) is 0 Å². The normalized spacial score (nSPS) is 22.0. The van der Waals surface area contributed by atoms with Crippen LogP contribution in [-0.2, 0) is 6.54 Å². The van der Waals surface area contributed by atoms with Gasteiger partial charge in [0.15, 0.2) is 0 Å². The number of fused-ring (bicyclic) bond motifs is 3. The van der Waals surface area contributed by atoms with Crippen molar-refractivity contribution in [1.29, 1.82) is 5.26 Å². The molecule has 3 aliphatic heterocycles. The van der Waals surface area contributed by atoms with E-state index in [1.165, 1.54) is 12.8 Å². The first-order valence-corrected chi connectivity index (χ1v) is 10.6. The molecule has 162 valence electrons. The van der Waals surface area contributed by atoms with Crippen molar-refractivity contribution in [3.05, 3.63) is 50.7 Å². The van der Waals surface area contributed by atoms with Crippen molar-refractivity contribution < 1.29 is 9.66 Å². The second-order valence-corrected chi connectivity index (χ2v) is 8.11. The van der Waals surface area contributed by atoms with Gasteiger partial charge in [-0.15, -0.1) is 0 Å². The van der Waals surface area contributed by atoms with Gasteiger partial charge in [-0.1, -0.05) is 12.1 Å². The van der Waals surface area contributed by atoms with E-state index in [1.807, 2.05) is 18.2 Å². The maximum atomic E-state index is 11.5. The molecule has 0 aliphatic carbocycles. The van der Waals surface area contributed by atoms with Crippen LogP contribution >= 0.6 is 0 Å². The third-order valence-corrected chi connectivity index (χ3v) is 6.25. The molecule has 2 bridgehead atoms. The summed E-state index contributed by atoms with van der Waals surface area (Å²) in [5.74, 6) is 1.16. The van der Waals surface area contributed by atoms with Crippen molar-refractivity contribution in [2.75, 3.05) is 31.6 Å². The zero-order valence-corrected chi connectivity index (χ0v) is 17.8. The first kappa shape index (κ1) is 21.0. The summed E-state index contributed by atoms with van der Waals surface area (Å²) in [6.45, 7) is 7.36. The Kier molecular flexibility index (Phi) is 6.00. The number of nitrogens with zero attached hydrogens (tertiary/aromatic N) is 5. The first-order chi connectivity index (χ1) is 15.0. The van der Waals surface area contributed by atoms with Crippen molar-refractivity contribution >= 4 is 11.5 Å². The maximum Gasteiger partial charge on any atom is 0.332 e. The zero-order chi connectivity index (χ0) is 22.0. The molecule has 3 fully saturated rings. The predicted octanol–water partition coefficient (Wildman–Crippen LogP) is 3.38. The molecule has 0 spiro atoms. The number of nitro groups is 1. The average Bonchev–Trinajstić information content (AvgIpc) is 2.78. The van der Waals surface area contributed by atoms with Gasteiger partial charge in [-0.25, -0.2) is 0 Å². The summed E-state index contributed by atoms with van der Waals surface area (Å²) < 4.78 is 5.33. The van der Waals surface area contributed by atoms with E-state index in [0.29, 0.717) is 30.6 Å². The Morgan fingerprint density at radius 2 is 2.13 bits per heavy atom. The molecule has 1 atom stereocenters. The summed E-state index contributed by atoms with van der Waals surface area (Å²) in [5, 5.41) is 24.3.